The summed E-state index contributed by atoms with van der Waals surface area (Å²) in [7, 11) is 2.43. The Labute approximate surface area is 204 Å². The normalized spacial score (nSPS) is 20.8. The molecule has 2 aliphatic rings. The molecule has 1 aliphatic heterocycles. The van der Waals surface area contributed by atoms with Crippen molar-refractivity contribution in [3.05, 3.63) is 45.0 Å². The fraction of sp³-hybridized carbons (Fsp3) is 0.375. The second-order valence-corrected chi connectivity index (χ2v) is 8.25. The maximum atomic E-state index is 13.4. The van der Waals surface area contributed by atoms with Crippen LogP contribution in [0.5, 0.6) is 23.0 Å². The van der Waals surface area contributed by atoms with Gasteiger partial charge in [-0.3, -0.25) is 9.59 Å². The van der Waals surface area contributed by atoms with E-state index in [0.29, 0.717) is 6.42 Å². The Hall–Kier alpha value is -3.71. The van der Waals surface area contributed by atoms with Gasteiger partial charge in [-0.1, -0.05) is 0 Å². The molecule has 1 aliphatic carbocycles. The second kappa shape index (κ2) is 10.1. The highest BCUT2D eigenvalue weighted by Gasteiger charge is 2.43. The third kappa shape index (κ3) is 4.03. The van der Waals surface area contributed by atoms with Crippen LogP contribution in [0.4, 0.5) is 0 Å². The van der Waals surface area contributed by atoms with Gasteiger partial charge in [-0.05, 0) is 18.6 Å². The number of fused-ring (bicyclic) bond motifs is 2. The number of ketones is 2. The number of methoxy groups -OCH3 is 1. The number of ether oxygens (including phenoxy) is 2. The molecule has 1 fully saturated rings. The Bertz CT molecular complexity index is 1240. The number of rotatable bonds is 4. The van der Waals surface area contributed by atoms with Crippen LogP contribution in [-0.2, 0) is 9.47 Å². The molecular weight excluding hydrogens is 480 g/mol. The first-order chi connectivity index (χ1) is 17.0. The van der Waals surface area contributed by atoms with E-state index in [1.807, 2.05) is 0 Å². The van der Waals surface area contributed by atoms with E-state index in [1.54, 1.807) is 0 Å². The Morgan fingerprint density at radius 3 is 2.17 bits per heavy atom. The molecule has 1 heterocycles. The molecule has 3 atom stereocenters. The van der Waals surface area contributed by atoms with E-state index in [-0.39, 0.29) is 35.3 Å². The highest BCUT2D eigenvalue weighted by Crippen LogP contribution is 2.52. The molecule has 0 radical (unpaired) electrons. The topological polar surface area (TPSA) is 211 Å². The number of aromatic hydroxyl groups is 4. The smallest absolute Gasteiger partial charge is 0.339 e. The van der Waals surface area contributed by atoms with Crippen LogP contribution in [0.25, 0.3) is 0 Å². The van der Waals surface area contributed by atoms with E-state index in [0.717, 1.165) is 13.2 Å². The summed E-state index contributed by atoms with van der Waals surface area (Å²) in [6, 6.07) is 0.801. The van der Waals surface area contributed by atoms with E-state index in [1.165, 1.54) is 14.0 Å². The summed E-state index contributed by atoms with van der Waals surface area (Å²) in [5, 5.41) is 68.5. The van der Waals surface area contributed by atoms with Crippen molar-refractivity contribution < 1.29 is 59.6 Å². The number of carboxylic acids is 1. The average molecular weight is 506 g/mol. The lowest BCUT2D eigenvalue weighted by atomic mass is 9.78. The van der Waals surface area contributed by atoms with Crippen LogP contribution in [-0.4, -0.2) is 86.3 Å². The van der Waals surface area contributed by atoms with E-state index >= 15 is 0 Å². The number of carbonyl (C=O) groups excluding carboxylic acids is 2. The summed E-state index contributed by atoms with van der Waals surface area (Å²) < 4.78 is 11.0. The van der Waals surface area contributed by atoms with Crippen LogP contribution in [0.1, 0.15) is 72.3 Å². The van der Waals surface area contributed by atoms with Gasteiger partial charge in [0.25, 0.3) is 0 Å². The molecule has 0 spiro atoms. The summed E-state index contributed by atoms with van der Waals surface area (Å²) in [5.41, 5.74) is -3.20. The minimum Gasteiger partial charge on any atom is -0.507 e. The lowest BCUT2D eigenvalue weighted by Gasteiger charge is -2.35. The van der Waals surface area contributed by atoms with Crippen LogP contribution >= 0.6 is 0 Å². The predicted molar refractivity (Wildman–Crippen MR) is 121 cm³/mol. The van der Waals surface area contributed by atoms with Gasteiger partial charge in [0.1, 0.15) is 17.1 Å². The first kappa shape index (κ1) is 26.9. The molecule has 1 saturated heterocycles. The zero-order valence-electron chi connectivity index (χ0n) is 19.6. The number of phenolic OH excluding ortho intramolecular Hbond substituents is 3. The van der Waals surface area contributed by atoms with Crippen molar-refractivity contribution in [3.8, 4) is 23.0 Å². The number of aromatic carboxylic acids is 1. The molecule has 2 aromatic carbocycles. The molecule has 194 valence electrons. The first-order valence-electron chi connectivity index (χ1n) is 10.8. The van der Waals surface area contributed by atoms with Gasteiger partial charge in [0.2, 0.25) is 0 Å². The van der Waals surface area contributed by atoms with Gasteiger partial charge in [-0.2, -0.15) is 0 Å². The number of carboxylic acid groups (broad SMARTS) is 1. The zero-order valence-corrected chi connectivity index (χ0v) is 19.6. The highest BCUT2D eigenvalue weighted by atomic mass is 16.5. The van der Waals surface area contributed by atoms with E-state index < -0.39 is 75.5 Å². The Morgan fingerprint density at radius 2 is 1.61 bits per heavy atom. The van der Waals surface area contributed by atoms with Gasteiger partial charge in [-0.25, -0.2) is 4.79 Å². The van der Waals surface area contributed by atoms with Gasteiger partial charge in [0.15, 0.2) is 23.1 Å². The minimum atomic E-state index is -1.53. The van der Waals surface area contributed by atoms with Crippen molar-refractivity contribution in [1.29, 1.82) is 0 Å². The molecule has 4 rings (SSSR count). The number of hydrogen-bond donors (Lipinski definition) is 7. The van der Waals surface area contributed by atoms with Crippen LogP contribution < -0.4 is 0 Å². The summed E-state index contributed by atoms with van der Waals surface area (Å²) in [5.74, 6) is -6.94. The zero-order chi connectivity index (χ0) is 27.1. The van der Waals surface area contributed by atoms with Gasteiger partial charge >= 0.3 is 5.97 Å². The number of carbonyl (C=O) groups is 3. The maximum Gasteiger partial charge on any atom is 0.339 e. The third-order valence-electron chi connectivity index (χ3n) is 6.37. The van der Waals surface area contributed by atoms with Crippen molar-refractivity contribution in [2.75, 3.05) is 20.8 Å². The van der Waals surface area contributed by atoms with Crippen molar-refractivity contribution >= 4 is 17.5 Å². The van der Waals surface area contributed by atoms with Crippen molar-refractivity contribution in [2.24, 2.45) is 0 Å². The highest BCUT2D eigenvalue weighted by molar-refractivity contribution is 6.31. The number of benzene rings is 2. The quantitative estimate of drug-likeness (QED) is 0.196. The maximum absolute atomic E-state index is 13.4. The van der Waals surface area contributed by atoms with Gasteiger partial charge in [0.05, 0.1) is 41.6 Å². The SMILES string of the molecule is CO.CO[C@@H]1CC(c2c(O)c(O)c3c(c2O)C(=O)c2c(cc(O)c(C(=O)O)c2C)C3=O)O[C@H](CO)C1. The lowest BCUT2D eigenvalue weighted by molar-refractivity contribution is -0.123. The molecule has 12 heteroatoms. The average Bonchev–Trinajstić information content (AvgIpc) is 2.85. The Kier molecular flexibility index (Phi) is 7.55. The van der Waals surface area contributed by atoms with Gasteiger partial charge < -0.3 is 45.2 Å². The lowest BCUT2D eigenvalue weighted by Crippen LogP contribution is -2.35. The molecular formula is C24H26O12. The van der Waals surface area contributed by atoms with E-state index in [9.17, 15) is 45.0 Å². The Morgan fingerprint density at radius 1 is 1.00 bits per heavy atom. The van der Waals surface area contributed by atoms with Crippen molar-refractivity contribution in [1.82, 2.24) is 0 Å². The largest absolute Gasteiger partial charge is 0.507 e. The Balaban J connectivity index is 0.00000176. The van der Waals surface area contributed by atoms with Crippen LogP contribution in [0.15, 0.2) is 6.07 Å². The number of aliphatic hydroxyl groups is 2. The second-order valence-electron chi connectivity index (χ2n) is 8.25. The molecule has 36 heavy (non-hydrogen) atoms. The van der Waals surface area contributed by atoms with Crippen LogP contribution in [0.2, 0.25) is 0 Å². The molecule has 1 unspecified atom stereocenters. The fourth-order valence-corrected chi connectivity index (χ4v) is 4.75. The summed E-state index contributed by atoms with van der Waals surface area (Å²) in [6.07, 6.45) is -1.84. The fourth-order valence-electron chi connectivity index (χ4n) is 4.75. The van der Waals surface area contributed by atoms with Crippen LogP contribution in [0.3, 0.4) is 0 Å². The van der Waals surface area contributed by atoms with E-state index in [4.69, 9.17) is 14.6 Å². The van der Waals surface area contributed by atoms with Crippen molar-refractivity contribution in [2.45, 2.75) is 38.1 Å². The molecule has 12 nitrogen and oxygen atoms in total. The van der Waals surface area contributed by atoms with Crippen molar-refractivity contribution in [3.63, 3.8) is 0 Å². The summed E-state index contributed by atoms with van der Waals surface area (Å²) >= 11 is 0. The summed E-state index contributed by atoms with van der Waals surface area (Å²) in [4.78, 5) is 38.2. The molecule has 0 bridgehead atoms. The standard InChI is InChI=1S/C23H22O11.CH4O/c1-7-13-10(5-11(25)14(7)23(31)32)18(26)16-17(19(13)27)20(28)15(21(29)22(16)30)12-4-8(33-2)3-9(6-24)34-12;1-2/h5,8-9,12,24-25,28-30H,3-4,6H2,1-2H3,(H,31,32);2H,1H3/t8-,9-,12?;/m0./s1. The number of phenols is 4. The van der Waals surface area contributed by atoms with E-state index in [2.05, 4.69) is 0 Å². The number of hydrogen-bond acceptors (Lipinski definition) is 11. The minimum absolute atomic E-state index is 0.0983. The molecule has 7 N–H and O–H groups in total. The first-order valence-corrected chi connectivity index (χ1v) is 10.8. The molecule has 0 aromatic heterocycles. The molecule has 0 saturated carbocycles. The van der Waals surface area contributed by atoms with Crippen LogP contribution in [0, 0.1) is 6.92 Å². The third-order valence-corrected chi connectivity index (χ3v) is 6.37. The molecule has 2 aromatic rings. The molecule has 0 amide bonds. The van der Waals surface area contributed by atoms with Gasteiger partial charge in [-0.15, -0.1) is 0 Å². The predicted octanol–water partition coefficient (Wildman–Crippen LogP) is 1.13. The number of aliphatic hydroxyl groups excluding tert-OH is 2. The monoisotopic (exact) mass is 506 g/mol. The summed E-state index contributed by atoms with van der Waals surface area (Å²) in [6.45, 7) is 0.843. The van der Waals surface area contributed by atoms with Gasteiger partial charge in [0, 0.05) is 38.2 Å².